The molecule has 2 aliphatic heterocycles. The number of aliphatic hydroxyl groups excluding tert-OH is 1. The summed E-state index contributed by atoms with van der Waals surface area (Å²) >= 11 is 0. The van der Waals surface area contributed by atoms with Gasteiger partial charge in [0.15, 0.2) is 0 Å². The summed E-state index contributed by atoms with van der Waals surface area (Å²) in [5, 5.41) is 15.9. The summed E-state index contributed by atoms with van der Waals surface area (Å²) in [4.78, 5) is 41.9. The van der Waals surface area contributed by atoms with Crippen molar-refractivity contribution >= 4 is 23.4 Å². The second kappa shape index (κ2) is 13.3. The van der Waals surface area contributed by atoms with E-state index >= 15 is 4.39 Å². The summed E-state index contributed by atoms with van der Waals surface area (Å²) in [7, 11) is 6.43. The third kappa shape index (κ3) is 6.47. The maximum atomic E-state index is 15.7. The zero-order chi connectivity index (χ0) is 33.3. The van der Waals surface area contributed by atoms with Gasteiger partial charge in [0.05, 0.1) is 7.11 Å². The number of ether oxygens (including phenoxy) is 1. The van der Waals surface area contributed by atoms with Gasteiger partial charge in [0, 0.05) is 57.1 Å². The van der Waals surface area contributed by atoms with Crippen molar-refractivity contribution in [1.82, 2.24) is 20.0 Å². The van der Waals surface area contributed by atoms with E-state index in [0.29, 0.717) is 42.1 Å². The fraction of sp³-hybridized carbons (Fsp3) is 0.343. The number of halogens is 1. The smallest absolute Gasteiger partial charge is 0.264 e. The molecule has 0 bridgehead atoms. The van der Waals surface area contributed by atoms with Gasteiger partial charge < -0.3 is 25.4 Å². The van der Waals surface area contributed by atoms with Crippen LogP contribution in [0.15, 0.2) is 60.3 Å². The first-order valence-electron chi connectivity index (χ1n) is 15.1. The number of methoxy groups -OCH3 is 1. The molecule has 3 N–H and O–H groups in total. The van der Waals surface area contributed by atoms with Crippen LogP contribution in [0.2, 0.25) is 0 Å². The van der Waals surface area contributed by atoms with Gasteiger partial charge in [-0.25, -0.2) is 4.39 Å². The maximum absolute atomic E-state index is 15.7. The Morgan fingerprint density at radius 3 is 2.43 bits per heavy atom. The molecule has 3 amide bonds. The summed E-state index contributed by atoms with van der Waals surface area (Å²) in [5.74, 6) is -1.05. The molecule has 0 aliphatic carbocycles. The molecule has 46 heavy (non-hydrogen) atoms. The van der Waals surface area contributed by atoms with Crippen LogP contribution in [0, 0.1) is 19.7 Å². The lowest BCUT2D eigenvalue weighted by molar-refractivity contribution is -0.149. The molecular weight excluding hydrogens is 589 g/mol. The molecule has 3 aromatic carbocycles. The number of carbonyl (C=O) groups excluding carboxylic acids is 3. The topological polar surface area (TPSA) is 114 Å². The Bertz CT molecular complexity index is 1720. The average Bonchev–Trinajstić information content (AvgIpc) is 3.43. The lowest BCUT2D eigenvalue weighted by Gasteiger charge is -2.35. The predicted octanol–water partition coefficient (Wildman–Crippen LogP) is 4.00. The molecule has 2 aliphatic rings. The van der Waals surface area contributed by atoms with Gasteiger partial charge in [-0.05, 0) is 78.9 Å². The number of hydrogen-bond acceptors (Lipinski definition) is 7. The minimum atomic E-state index is -1.15. The first-order chi connectivity index (χ1) is 21.9. The fourth-order valence-corrected chi connectivity index (χ4v) is 6.17. The van der Waals surface area contributed by atoms with Crippen LogP contribution in [0.5, 0.6) is 5.75 Å². The van der Waals surface area contributed by atoms with Crippen molar-refractivity contribution < 1.29 is 28.6 Å². The third-order valence-corrected chi connectivity index (χ3v) is 8.78. The van der Waals surface area contributed by atoms with E-state index in [2.05, 4.69) is 10.6 Å². The average molecular weight is 630 g/mol. The van der Waals surface area contributed by atoms with Crippen molar-refractivity contribution in [1.29, 1.82) is 0 Å². The molecule has 2 atom stereocenters. The Labute approximate surface area is 268 Å². The SMILES string of the molecule is COc1cc(-c2cccc(-c3cccc(NC(=O)C4=CN(C)C(O)N(C)C4=O)c3C)c2C)cc(F)c1CN(C)C[C@H]1CCC(=O)N1. The van der Waals surface area contributed by atoms with Crippen LogP contribution in [0.4, 0.5) is 10.1 Å². The Balaban J connectivity index is 1.41. The maximum Gasteiger partial charge on any atom is 0.264 e. The highest BCUT2D eigenvalue weighted by Crippen LogP contribution is 2.38. The fourth-order valence-electron chi connectivity index (χ4n) is 6.17. The molecule has 0 radical (unpaired) electrons. The highest BCUT2D eigenvalue weighted by Gasteiger charge is 2.33. The van der Waals surface area contributed by atoms with Gasteiger partial charge >= 0.3 is 0 Å². The number of anilines is 1. The van der Waals surface area contributed by atoms with Crippen molar-refractivity contribution in [2.45, 2.75) is 45.6 Å². The number of nitrogens with one attached hydrogen (secondary N) is 2. The highest BCUT2D eigenvalue weighted by molar-refractivity contribution is 6.23. The molecule has 1 unspecified atom stereocenters. The first kappa shape index (κ1) is 32.6. The molecular formula is C35H40FN5O5. The first-order valence-corrected chi connectivity index (χ1v) is 15.1. The van der Waals surface area contributed by atoms with Gasteiger partial charge in [-0.15, -0.1) is 0 Å². The number of amides is 3. The van der Waals surface area contributed by atoms with E-state index in [1.165, 1.54) is 31.3 Å². The van der Waals surface area contributed by atoms with Crippen molar-refractivity contribution in [3.8, 4) is 28.0 Å². The number of likely N-dealkylation sites (N-methyl/N-ethyl adjacent to an activating group) is 2. The van der Waals surface area contributed by atoms with E-state index in [-0.39, 0.29) is 23.3 Å². The monoisotopic (exact) mass is 629 g/mol. The van der Waals surface area contributed by atoms with E-state index < -0.39 is 18.2 Å². The molecule has 5 rings (SSSR count). The van der Waals surface area contributed by atoms with Crippen LogP contribution >= 0.6 is 0 Å². The number of nitrogens with zero attached hydrogens (tertiary/aromatic N) is 3. The van der Waals surface area contributed by atoms with Gasteiger partial charge in [-0.2, -0.15) is 0 Å². The van der Waals surface area contributed by atoms with Crippen LogP contribution in [0.25, 0.3) is 22.3 Å². The van der Waals surface area contributed by atoms with E-state index in [4.69, 9.17) is 4.74 Å². The Morgan fingerprint density at radius 2 is 1.76 bits per heavy atom. The van der Waals surface area contributed by atoms with Crippen LogP contribution in [-0.4, -0.2) is 84.7 Å². The van der Waals surface area contributed by atoms with Crippen LogP contribution in [0.3, 0.4) is 0 Å². The van der Waals surface area contributed by atoms with Crippen LogP contribution in [-0.2, 0) is 20.9 Å². The summed E-state index contributed by atoms with van der Waals surface area (Å²) in [6.45, 7) is 4.80. The van der Waals surface area contributed by atoms with Crippen molar-refractivity contribution in [3.05, 3.63) is 82.8 Å². The van der Waals surface area contributed by atoms with Crippen LogP contribution < -0.4 is 15.4 Å². The normalized spacial score (nSPS) is 18.2. The summed E-state index contributed by atoms with van der Waals surface area (Å²) in [6, 6.07) is 14.8. The number of carbonyl (C=O) groups is 3. The van der Waals surface area contributed by atoms with Gasteiger partial charge in [0.25, 0.3) is 11.8 Å². The molecule has 0 spiro atoms. The Hall–Kier alpha value is -4.74. The molecule has 2 heterocycles. The second-order valence-electron chi connectivity index (χ2n) is 12.0. The minimum absolute atomic E-state index is 0.0481. The zero-order valence-electron chi connectivity index (χ0n) is 27.0. The third-order valence-electron chi connectivity index (χ3n) is 8.78. The summed E-state index contributed by atoms with van der Waals surface area (Å²) in [6.07, 6.45) is 1.47. The molecule has 1 fully saturated rings. The molecule has 0 aromatic heterocycles. The number of hydrogen-bond donors (Lipinski definition) is 3. The van der Waals surface area contributed by atoms with Gasteiger partial charge in [0.2, 0.25) is 12.3 Å². The summed E-state index contributed by atoms with van der Waals surface area (Å²) < 4.78 is 21.4. The quantitative estimate of drug-likeness (QED) is 0.307. The predicted molar refractivity (Wildman–Crippen MR) is 174 cm³/mol. The van der Waals surface area contributed by atoms with Crippen LogP contribution in [0.1, 0.15) is 29.5 Å². The van der Waals surface area contributed by atoms with E-state index in [1.54, 1.807) is 13.1 Å². The van der Waals surface area contributed by atoms with Crippen molar-refractivity contribution in [2.75, 3.05) is 40.1 Å². The lowest BCUT2D eigenvalue weighted by atomic mass is 9.90. The number of benzene rings is 3. The standard InChI is InChI=1S/C35H40FN5O5/c1-20-24(22-15-29(36)27(31(16-22)46-6)18-39(3)17-23-13-14-32(42)37-23)9-7-10-25(20)26-11-8-12-30(21(26)2)38-33(43)28-19-40(4)35(45)41(5)34(28)44/h7-12,15-16,19,23,35,45H,13-14,17-18H2,1-6H3,(H,37,42)(H,38,43)/t23-,35?/m1/s1. The van der Waals surface area contributed by atoms with E-state index in [9.17, 15) is 19.5 Å². The van der Waals surface area contributed by atoms with Gasteiger partial charge in [0.1, 0.15) is 17.1 Å². The van der Waals surface area contributed by atoms with Gasteiger partial charge in [-0.1, -0.05) is 30.3 Å². The molecule has 11 heteroatoms. The molecule has 1 saturated heterocycles. The molecule has 3 aromatic rings. The van der Waals surface area contributed by atoms with E-state index in [0.717, 1.165) is 39.1 Å². The zero-order valence-corrected chi connectivity index (χ0v) is 27.0. The highest BCUT2D eigenvalue weighted by atomic mass is 19.1. The Morgan fingerprint density at radius 1 is 1.09 bits per heavy atom. The summed E-state index contributed by atoms with van der Waals surface area (Å²) in [5.41, 5.74) is 5.89. The van der Waals surface area contributed by atoms with Crippen molar-refractivity contribution in [2.24, 2.45) is 0 Å². The lowest BCUT2D eigenvalue weighted by Crippen LogP contribution is -2.51. The molecule has 10 nitrogen and oxygen atoms in total. The van der Waals surface area contributed by atoms with Gasteiger partial charge in [-0.3, -0.25) is 24.2 Å². The second-order valence-corrected chi connectivity index (χ2v) is 12.0. The molecule has 0 saturated carbocycles. The number of aliphatic hydroxyl groups is 1. The van der Waals surface area contributed by atoms with Crippen molar-refractivity contribution in [3.63, 3.8) is 0 Å². The Kier molecular flexibility index (Phi) is 9.45. The largest absolute Gasteiger partial charge is 0.496 e. The molecule has 242 valence electrons. The number of rotatable bonds is 9. The minimum Gasteiger partial charge on any atom is -0.496 e. The van der Waals surface area contributed by atoms with E-state index in [1.807, 2.05) is 62.2 Å².